The molecule has 0 saturated heterocycles. The monoisotopic (exact) mass is 329 g/mol. The Labute approximate surface area is 140 Å². The van der Waals surface area contributed by atoms with E-state index in [1.807, 2.05) is 31.2 Å². The van der Waals surface area contributed by atoms with Gasteiger partial charge in [-0.25, -0.2) is 9.18 Å². The Balaban J connectivity index is 2.03. The molecule has 2 aromatic rings. The van der Waals surface area contributed by atoms with Gasteiger partial charge in [0.15, 0.2) is 0 Å². The van der Waals surface area contributed by atoms with E-state index in [4.69, 9.17) is 4.74 Å². The first-order valence-electron chi connectivity index (χ1n) is 7.65. The predicted molar refractivity (Wildman–Crippen MR) is 88.9 cm³/mol. The maximum Gasteiger partial charge on any atom is 0.328 e. The lowest BCUT2D eigenvalue weighted by atomic mass is 10.0. The van der Waals surface area contributed by atoms with Gasteiger partial charge in [-0.15, -0.1) is 0 Å². The van der Waals surface area contributed by atoms with Gasteiger partial charge in [0, 0.05) is 6.42 Å². The number of carbonyl (C=O) groups excluding carboxylic acids is 2. The quantitative estimate of drug-likeness (QED) is 0.829. The van der Waals surface area contributed by atoms with Gasteiger partial charge in [-0.2, -0.15) is 0 Å². The third-order valence-corrected chi connectivity index (χ3v) is 3.64. The molecule has 0 saturated carbocycles. The van der Waals surface area contributed by atoms with Crippen molar-refractivity contribution in [1.82, 2.24) is 5.32 Å². The van der Waals surface area contributed by atoms with E-state index >= 15 is 0 Å². The average Bonchev–Trinajstić information content (AvgIpc) is 2.55. The highest BCUT2D eigenvalue weighted by Gasteiger charge is 2.22. The molecule has 1 atom stereocenters. The van der Waals surface area contributed by atoms with Crippen LogP contribution in [0.5, 0.6) is 0 Å². The normalized spacial score (nSPS) is 11.6. The molecule has 0 spiro atoms. The van der Waals surface area contributed by atoms with Gasteiger partial charge in [0.05, 0.1) is 13.5 Å². The van der Waals surface area contributed by atoms with Crippen LogP contribution in [-0.4, -0.2) is 25.0 Å². The Bertz CT molecular complexity index is 713. The molecule has 4 nitrogen and oxygen atoms in total. The first-order chi connectivity index (χ1) is 11.5. The molecule has 5 heteroatoms. The lowest BCUT2D eigenvalue weighted by molar-refractivity contribution is -0.145. The summed E-state index contributed by atoms with van der Waals surface area (Å²) in [5, 5.41) is 2.66. The minimum Gasteiger partial charge on any atom is -0.467 e. The summed E-state index contributed by atoms with van der Waals surface area (Å²) in [7, 11) is 1.28. The zero-order valence-electron chi connectivity index (χ0n) is 13.7. The molecule has 0 radical (unpaired) electrons. The number of benzene rings is 2. The largest absolute Gasteiger partial charge is 0.467 e. The van der Waals surface area contributed by atoms with Crippen molar-refractivity contribution in [2.24, 2.45) is 0 Å². The molecule has 2 rings (SSSR count). The van der Waals surface area contributed by atoms with Gasteiger partial charge >= 0.3 is 5.97 Å². The van der Waals surface area contributed by atoms with E-state index < -0.39 is 17.8 Å². The molecule has 0 aliphatic carbocycles. The molecular weight excluding hydrogens is 309 g/mol. The van der Waals surface area contributed by atoms with Crippen molar-refractivity contribution >= 4 is 11.9 Å². The fourth-order valence-electron chi connectivity index (χ4n) is 2.37. The highest BCUT2D eigenvalue weighted by Crippen LogP contribution is 2.08. The van der Waals surface area contributed by atoms with Crippen molar-refractivity contribution in [3.63, 3.8) is 0 Å². The van der Waals surface area contributed by atoms with Gasteiger partial charge in [-0.3, -0.25) is 4.79 Å². The smallest absolute Gasteiger partial charge is 0.328 e. The molecule has 0 aromatic heterocycles. The predicted octanol–water partition coefficient (Wildman–Crippen LogP) is 2.58. The highest BCUT2D eigenvalue weighted by atomic mass is 19.1. The lowest BCUT2D eigenvalue weighted by Crippen LogP contribution is -2.43. The molecule has 1 amide bonds. The molecule has 1 N–H and O–H groups in total. The van der Waals surface area contributed by atoms with Crippen LogP contribution < -0.4 is 5.32 Å². The van der Waals surface area contributed by atoms with Gasteiger partial charge in [0.25, 0.3) is 0 Å². The minimum absolute atomic E-state index is 0.000841. The number of esters is 1. The number of nitrogens with one attached hydrogen (secondary N) is 1. The van der Waals surface area contributed by atoms with E-state index in [1.165, 1.54) is 19.2 Å². The van der Waals surface area contributed by atoms with Gasteiger partial charge in [-0.1, -0.05) is 42.0 Å². The Kier molecular flexibility index (Phi) is 6.07. The summed E-state index contributed by atoms with van der Waals surface area (Å²) < 4.78 is 17.9. The lowest BCUT2D eigenvalue weighted by Gasteiger charge is -2.17. The SMILES string of the molecule is COC(=O)[C@@H](Cc1ccc(C)cc1)NC(=O)Cc1cccc(F)c1. The second-order valence-corrected chi connectivity index (χ2v) is 5.64. The molecule has 0 aliphatic rings. The van der Waals surface area contributed by atoms with Gasteiger partial charge in [-0.05, 0) is 30.2 Å². The van der Waals surface area contributed by atoms with Gasteiger partial charge in [0.2, 0.25) is 5.91 Å². The van der Waals surface area contributed by atoms with Crippen molar-refractivity contribution < 1.29 is 18.7 Å². The number of amides is 1. The first-order valence-corrected chi connectivity index (χ1v) is 7.65. The molecule has 0 fully saturated rings. The third kappa shape index (κ3) is 5.19. The van der Waals surface area contributed by atoms with Crippen molar-refractivity contribution in [3.05, 3.63) is 71.0 Å². The van der Waals surface area contributed by atoms with Crippen LogP contribution in [0.25, 0.3) is 0 Å². The van der Waals surface area contributed by atoms with Crippen molar-refractivity contribution in [2.75, 3.05) is 7.11 Å². The molecular formula is C19H20FNO3. The summed E-state index contributed by atoms with van der Waals surface area (Å²) in [6.45, 7) is 1.97. The Morgan fingerprint density at radius 1 is 1.12 bits per heavy atom. The number of aryl methyl sites for hydroxylation is 1. The van der Waals surface area contributed by atoms with Crippen molar-refractivity contribution in [1.29, 1.82) is 0 Å². The number of rotatable bonds is 6. The molecule has 126 valence electrons. The molecule has 0 bridgehead atoms. The second kappa shape index (κ2) is 8.24. The van der Waals surface area contributed by atoms with Crippen LogP contribution in [0, 0.1) is 12.7 Å². The van der Waals surface area contributed by atoms with Crippen molar-refractivity contribution in [2.45, 2.75) is 25.8 Å². The maximum absolute atomic E-state index is 13.2. The zero-order valence-corrected chi connectivity index (χ0v) is 13.7. The van der Waals surface area contributed by atoms with Crippen LogP contribution in [0.15, 0.2) is 48.5 Å². The van der Waals surface area contributed by atoms with Crippen LogP contribution in [0.1, 0.15) is 16.7 Å². The summed E-state index contributed by atoms with van der Waals surface area (Å²) >= 11 is 0. The molecule has 2 aromatic carbocycles. The van der Waals surface area contributed by atoms with Crippen LogP contribution in [0.3, 0.4) is 0 Å². The van der Waals surface area contributed by atoms with Crippen LogP contribution in [0.4, 0.5) is 4.39 Å². The van der Waals surface area contributed by atoms with Crippen LogP contribution in [0.2, 0.25) is 0 Å². The van der Waals surface area contributed by atoms with E-state index in [-0.39, 0.29) is 12.3 Å². The molecule has 0 heterocycles. The summed E-state index contributed by atoms with van der Waals surface area (Å²) in [6, 6.07) is 12.7. The summed E-state index contributed by atoms with van der Waals surface area (Å²) in [5.41, 5.74) is 2.58. The van der Waals surface area contributed by atoms with Gasteiger partial charge < -0.3 is 10.1 Å². The fourth-order valence-corrected chi connectivity index (χ4v) is 2.37. The molecule has 0 aliphatic heterocycles. The number of halogens is 1. The summed E-state index contributed by atoms with van der Waals surface area (Å²) in [5.74, 6) is -1.27. The summed E-state index contributed by atoms with van der Waals surface area (Å²) in [6.07, 6.45) is 0.334. The number of ether oxygens (including phenoxy) is 1. The van der Waals surface area contributed by atoms with Crippen LogP contribution >= 0.6 is 0 Å². The van der Waals surface area contributed by atoms with E-state index in [1.54, 1.807) is 12.1 Å². The molecule has 0 unspecified atom stereocenters. The molecule has 24 heavy (non-hydrogen) atoms. The topological polar surface area (TPSA) is 55.4 Å². The van der Waals surface area contributed by atoms with E-state index in [0.29, 0.717) is 12.0 Å². The van der Waals surface area contributed by atoms with Crippen LogP contribution in [-0.2, 0) is 27.2 Å². The number of hydrogen-bond acceptors (Lipinski definition) is 3. The zero-order chi connectivity index (χ0) is 17.5. The number of hydrogen-bond donors (Lipinski definition) is 1. The standard InChI is InChI=1S/C19H20FNO3/c1-13-6-8-14(9-7-13)11-17(19(23)24-2)21-18(22)12-15-4-3-5-16(20)10-15/h3-10,17H,11-12H2,1-2H3,(H,21,22)/t17-/m1/s1. The number of methoxy groups -OCH3 is 1. The Morgan fingerprint density at radius 3 is 2.46 bits per heavy atom. The highest BCUT2D eigenvalue weighted by molar-refractivity contribution is 5.85. The van der Waals surface area contributed by atoms with E-state index in [2.05, 4.69) is 5.32 Å². The number of carbonyl (C=O) groups is 2. The maximum atomic E-state index is 13.2. The average molecular weight is 329 g/mol. The third-order valence-electron chi connectivity index (χ3n) is 3.64. The Hall–Kier alpha value is -2.69. The summed E-state index contributed by atoms with van der Waals surface area (Å²) in [4.78, 5) is 24.1. The first kappa shape index (κ1) is 17.7. The Morgan fingerprint density at radius 2 is 1.83 bits per heavy atom. The minimum atomic E-state index is -0.779. The second-order valence-electron chi connectivity index (χ2n) is 5.64. The van der Waals surface area contributed by atoms with E-state index in [9.17, 15) is 14.0 Å². The fraction of sp³-hybridized carbons (Fsp3) is 0.263. The van der Waals surface area contributed by atoms with Crippen molar-refractivity contribution in [3.8, 4) is 0 Å². The van der Waals surface area contributed by atoms with Gasteiger partial charge in [0.1, 0.15) is 11.9 Å². The van der Waals surface area contributed by atoms with E-state index in [0.717, 1.165) is 11.1 Å².